The number of rotatable bonds is 3. The zero-order chi connectivity index (χ0) is 12.4. The Balaban J connectivity index is 2.24. The highest BCUT2D eigenvalue weighted by atomic mass is 79.9. The number of nitrogen functional groups attached to an aromatic ring is 1. The van der Waals surface area contributed by atoms with Gasteiger partial charge in [-0.2, -0.15) is 0 Å². The summed E-state index contributed by atoms with van der Waals surface area (Å²) in [7, 11) is 1.94. The van der Waals surface area contributed by atoms with Gasteiger partial charge in [-0.1, -0.05) is 6.07 Å². The van der Waals surface area contributed by atoms with Gasteiger partial charge in [0.05, 0.1) is 22.4 Å². The summed E-state index contributed by atoms with van der Waals surface area (Å²) in [6, 6.07) is 7.12. The summed E-state index contributed by atoms with van der Waals surface area (Å²) in [4.78, 5) is 3.25. The minimum absolute atomic E-state index is 0.337. The SMILES string of the molecule is CN(Cc1cccs1)c1cc(Br)c(F)cc1N. The highest BCUT2D eigenvalue weighted by Crippen LogP contribution is 2.30. The third-order valence-corrected chi connectivity index (χ3v) is 3.92. The Morgan fingerprint density at radius 2 is 2.24 bits per heavy atom. The van der Waals surface area contributed by atoms with Crippen LogP contribution < -0.4 is 10.6 Å². The lowest BCUT2D eigenvalue weighted by Crippen LogP contribution is -2.17. The third kappa shape index (κ3) is 2.79. The summed E-state index contributed by atoms with van der Waals surface area (Å²) in [5, 5.41) is 2.03. The van der Waals surface area contributed by atoms with Crippen LogP contribution in [0.1, 0.15) is 4.88 Å². The van der Waals surface area contributed by atoms with Gasteiger partial charge in [0.25, 0.3) is 0 Å². The fraction of sp³-hybridized carbons (Fsp3) is 0.167. The minimum Gasteiger partial charge on any atom is -0.397 e. The zero-order valence-electron chi connectivity index (χ0n) is 9.28. The van der Waals surface area contributed by atoms with Crippen molar-refractivity contribution >= 4 is 38.6 Å². The number of nitrogens with two attached hydrogens (primary N) is 1. The molecule has 0 aliphatic carbocycles. The summed E-state index contributed by atoms with van der Waals surface area (Å²) in [5.41, 5.74) is 7.10. The zero-order valence-corrected chi connectivity index (χ0v) is 11.7. The van der Waals surface area contributed by atoms with E-state index in [-0.39, 0.29) is 5.82 Å². The molecule has 1 heterocycles. The standard InChI is InChI=1S/C12H12BrFN2S/c1-16(7-8-3-2-4-17-8)12-5-9(13)10(14)6-11(12)15/h2-6H,7,15H2,1H3. The van der Waals surface area contributed by atoms with Crippen LogP contribution in [0.4, 0.5) is 15.8 Å². The first-order chi connectivity index (χ1) is 8.08. The average Bonchev–Trinajstić information content (AvgIpc) is 2.76. The predicted octanol–water partition coefficient (Wildman–Crippen LogP) is 3.87. The topological polar surface area (TPSA) is 29.3 Å². The van der Waals surface area contributed by atoms with Crippen molar-refractivity contribution in [3.05, 3.63) is 44.8 Å². The summed E-state index contributed by atoms with van der Waals surface area (Å²) >= 11 is 4.86. The van der Waals surface area contributed by atoms with Crippen molar-refractivity contribution in [3.8, 4) is 0 Å². The third-order valence-electron chi connectivity index (χ3n) is 2.45. The molecule has 2 rings (SSSR count). The molecule has 0 amide bonds. The highest BCUT2D eigenvalue weighted by molar-refractivity contribution is 9.10. The van der Waals surface area contributed by atoms with Crippen LogP contribution in [-0.4, -0.2) is 7.05 Å². The molecule has 0 bridgehead atoms. The van der Waals surface area contributed by atoms with E-state index in [0.29, 0.717) is 10.2 Å². The van der Waals surface area contributed by atoms with Gasteiger partial charge in [-0.05, 0) is 33.4 Å². The number of nitrogens with zero attached hydrogens (tertiary/aromatic N) is 1. The molecule has 0 unspecified atom stereocenters. The number of hydrogen-bond acceptors (Lipinski definition) is 3. The van der Waals surface area contributed by atoms with Gasteiger partial charge in [0.2, 0.25) is 0 Å². The summed E-state index contributed by atoms with van der Waals surface area (Å²) in [5.74, 6) is -0.337. The van der Waals surface area contributed by atoms with E-state index in [2.05, 4.69) is 22.0 Å². The van der Waals surface area contributed by atoms with Gasteiger partial charge in [-0.15, -0.1) is 11.3 Å². The number of benzene rings is 1. The van der Waals surface area contributed by atoms with Crippen LogP contribution in [0.15, 0.2) is 34.1 Å². The molecule has 90 valence electrons. The molecule has 0 saturated carbocycles. The Morgan fingerprint density at radius 3 is 2.88 bits per heavy atom. The van der Waals surface area contributed by atoms with Crippen LogP contribution in [0.5, 0.6) is 0 Å². The van der Waals surface area contributed by atoms with Crippen LogP contribution in [0.25, 0.3) is 0 Å². The maximum atomic E-state index is 13.3. The number of halogens is 2. The smallest absolute Gasteiger partial charge is 0.139 e. The van der Waals surface area contributed by atoms with E-state index >= 15 is 0 Å². The van der Waals surface area contributed by atoms with Crippen molar-refractivity contribution in [1.82, 2.24) is 0 Å². The van der Waals surface area contributed by atoms with Crippen LogP contribution in [0, 0.1) is 5.82 Å². The van der Waals surface area contributed by atoms with Crippen molar-refractivity contribution in [2.45, 2.75) is 6.54 Å². The van der Waals surface area contributed by atoms with Gasteiger partial charge in [0.1, 0.15) is 5.82 Å². The molecule has 1 aromatic carbocycles. The Hall–Kier alpha value is -1.07. The Morgan fingerprint density at radius 1 is 1.47 bits per heavy atom. The lowest BCUT2D eigenvalue weighted by Gasteiger charge is -2.20. The first kappa shape index (κ1) is 12.4. The molecular weight excluding hydrogens is 303 g/mol. The van der Waals surface area contributed by atoms with Gasteiger partial charge >= 0.3 is 0 Å². The second-order valence-corrected chi connectivity index (χ2v) is 5.65. The number of thiophene rings is 1. The lowest BCUT2D eigenvalue weighted by molar-refractivity contribution is 0.621. The van der Waals surface area contributed by atoms with Gasteiger partial charge in [-0.3, -0.25) is 0 Å². The first-order valence-electron chi connectivity index (χ1n) is 5.06. The molecule has 5 heteroatoms. The molecule has 0 spiro atoms. The van der Waals surface area contributed by atoms with Crippen LogP contribution in [0.2, 0.25) is 0 Å². The second kappa shape index (κ2) is 5.06. The Bertz CT molecular complexity index is 513. The summed E-state index contributed by atoms with van der Waals surface area (Å²) in [6.45, 7) is 0.764. The molecule has 0 aliphatic rings. The monoisotopic (exact) mass is 314 g/mol. The first-order valence-corrected chi connectivity index (χ1v) is 6.73. The predicted molar refractivity (Wildman–Crippen MR) is 74.9 cm³/mol. The normalized spacial score (nSPS) is 10.5. The molecular formula is C12H12BrFN2S. The van der Waals surface area contributed by atoms with E-state index in [1.54, 1.807) is 17.4 Å². The van der Waals surface area contributed by atoms with Crippen molar-refractivity contribution in [2.75, 3.05) is 17.7 Å². The molecule has 2 N–H and O–H groups in total. The van der Waals surface area contributed by atoms with E-state index < -0.39 is 0 Å². The summed E-state index contributed by atoms with van der Waals surface area (Å²) in [6.07, 6.45) is 0. The van der Waals surface area contributed by atoms with E-state index in [0.717, 1.165) is 12.2 Å². The maximum absolute atomic E-state index is 13.3. The lowest BCUT2D eigenvalue weighted by atomic mass is 10.2. The van der Waals surface area contributed by atoms with Crippen molar-refractivity contribution < 1.29 is 4.39 Å². The molecule has 0 aliphatic heterocycles. The fourth-order valence-electron chi connectivity index (χ4n) is 1.60. The van der Waals surface area contributed by atoms with Gasteiger partial charge in [0, 0.05) is 18.0 Å². The molecule has 0 saturated heterocycles. The Labute approximate surface area is 112 Å². The second-order valence-electron chi connectivity index (χ2n) is 3.76. The maximum Gasteiger partial charge on any atom is 0.139 e. The molecule has 0 radical (unpaired) electrons. The van der Waals surface area contributed by atoms with E-state index in [1.807, 2.05) is 23.4 Å². The van der Waals surface area contributed by atoms with Gasteiger partial charge < -0.3 is 10.6 Å². The van der Waals surface area contributed by atoms with Crippen LogP contribution >= 0.6 is 27.3 Å². The quantitative estimate of drug-likeness (QED) is 0.871. The highest BCUT2D eigenvalue weighted by Gasteiger charge is 2.10. The largest absolute Gasteiger partial charge is 0.397 e. The van der Waals surface area contributed by atoms with Crippen molar-refractivity contribution in [2.24, 2.45) is 0 Å². The van der Waals surface area contributed by atoms with E-state index in [4.69, 9.17) is 5.73 Å². The van der Waals surface area contributed by atoms with Gasteiger partial charge in [-0.25, -0.2) is 4.39 Å². The molecule has 17 heavy (non-hydrogen) atoms. The van der Waals surface area contributed by atoms with Crippen molar-refractivity contribution in [3.63, 3.8) is 0 Å². The van der Waals surface area contributed by atoms with Crippen molar-refractivity contribution in [1.29, 1.82) is 0 Å². The number of hydrogen-bond donors (Lipinski definition) is 1. The fourth-order valence-corrected chi connectivity index (χ4v) is 2.69. The molecule has 0 atom stereocenters. The molecule has 1 aromatic heterocycles. The van der Waals surface area contributed by atoms with Crippen LogP contribution in [0.3, 0.4) is 0 Å². The number of anilines is 2. The average molecular weight is 315 g/mol. The molecule has 2 aromatic rings. The van der Waals surface area contributed by atoms with Gasteiger partial charge in [0.15, 0.2) is 0 Å². The van der Waals surface area contributed by atoms with Crippen LogP contribution in [-0.2, 0) is 6.54 Å². The Kier molecular flexibility index (Phi) is 3.69. The van der Waals surface area contributed by atoms with E-state index in [1.165, 1.54) is 10.9 Å². The molecule has 0 fully saturated rings. The van der Waals surface area contributed by atoms with E-state index in [9.17, 15) is 4.39 Å². The molecule has 2 nitrogen and oxygen atoms in total. The minimum atomic E-state index is -0.337. The summed E-state index contributed by atoms with van der Waals surface area (Å²) < 4.78 is 13.7.